The molecule has 2 amide bonds. The third-order valence-electron chi connectivity index (χ3n) is 3.73. The summed E-state index contributed by atoms with van der Waals surface area (Å²) in [5.74, 6) is -2.06. The lowest BCUT2D eigenvalue weighted by Gasteiger charge is -2.31. The number of alkyl carbamates (subject to hydrolysis) is 1. The fourth-order valence-electron chi connectivity index (χ4n) is 2.46. The summed E-state index contributed by atoms with van der Waals surface area (Å²) in [5, 5.41) is 3.18. The largest absolute Gasteiger partial charge is 0.467 e. The summed E-state index contributed by atoms with van der Waals surface area (Å²) in [6, 6.07) is -2.11. The zero-order valence-corrected chi connectivity index (χ0v) is 16.6. The number of esters is 2. The number of amides is 2. The average molecular weight is 388 g/mol. The van der Waals surface area contributed by atoms with E-state index in [1.807, 2.05) is 0 Å². The lowest BCUT2D eigenvalue weighted by atomic mass is 10.1. The second kappa shape index (κ2) is 9.54. The van der Waals surface area contributed by atoms with Gasteiger partial charge < -0.3 is 19.5 Å². The smallest absolute Gasteiger partial charge is 0.408 e. The first-order chi connectivity index (χ1) is 12.5. The molecular weight excluding hydrogens is 360 g/mol. The zero-order chi connectivity index (χ0) is 20.8. The van der Waals surface area contributed by atoms with E-state index in [0.29, 0.717) is 6.42 Å². The van der Waals surface area contributed by atoms with Crippen molar-refractivity contribution in [3.8, 4) is 0 Å². The quantitative estimate of drug-likeness (QED) is 0.558. The van der Waals surface area contributed by atoms with Gasteiger partial charge in [-0.1, -0.05) is 0 Å². The molecule has 10 heteroatoms. The number of hydrogen-bond donors (Lipinski definition) is 1. The van der Waals surface area contributed by atoms with Gasteiger partial charge in [-0.05, 0) is 47.0 Å². The monoisotopic (exact) mass is 388 g/mol. The van der Waals surface area contributed by atoms with Crippen molar-refractivity contribution in [2.24, 2.45) is 0 Å². The Morgan fingerprint density at radius 2 is 1.67 bits per heavy atom. The molecule has 0 aromatic rings. The van der Waals surface area contributed by atoms with Gasteiger partial charge in [0.2, 0.25) is 0 Å². The minimum atomic E-state index is -1.07. The first-order valence-electron chi connectivity index (χ1n) is 8.65. The molecular formula is C17H28N2O8. The highest BCUT2D eigenvalue weighted by Gasteiger charge is 2.40. The normalized spacial score (nSPS) is 21.5. The summed E-state index contributed by atoms with van der Waals surface area (Å²) in [6.45, 7) is 6.48. The fraction of sp³-hybridized carbons (Fsp3) is 0.765. The van der Waals surface area contributed by atoms with E-state index in [0.717, 1.165) is 5.06 Å². The lowest BCUT2D eigenvalue weighted by molar-refractivity contribution is -0.227. The van der Waals surface area contributed by atoms with Crippen LogP contribution in [0.2, 0.25) is 0 Å². The molecule has 0 unspecified atom stereocenters. The van der Waals surface area contributed by atoms with Crippen LogP contribution in [0.3, 0.4) is 0 Å². The molecule has 0 aromatic carbocycles. The summed E-state index contributed by atoms with van der Waals surface area (Å²) in [5.41, 5.74) is -0.740. The van der Waals surface area contributed by atoms with Gasteiger partial charge in [0.15, 0.2) is 12.1 Å². The predicted molar refractivity (Wildman–Crippen MR) is 92.2 cm³/mol. The van der Waals surface area contributed by atoms with E-state index in [9.17, 15) is 19.2 Å². The molecule has 0 spiro atoms. The van der Waals surface area contributed by atoms with Gasteiger partial charge in [0.25, 0.3) is 5.91 Å². The van der Waals surface area contributed by atoms with Crippen LogP contribution < -0.4 is 5.32 Å². The Bertz CT molecular complexity index is 572. The van der Waals surface area contributed by atoms with E-state index < -0.39 is 47.7 Å². The van der Waals surface area contributed by atoms with Crippen molar-refractivity contribution in [3.05, 3.63) is 0 Å². The maximum Gasteiger partial charge on any atom is 0.408 e. The number of rotatable bonds is 4. The molecule has 1 saturated heterocycles. The number of carbonyl (C=O) groups is 4. The van der Waals surface area contributed by atoms with Crippen LogP contribution in [0.25, 0.3) is 0 Å². The molecule has 0 aromatic heterocycles. The molecule has 1 aliphatic rings. The zero-order valence-electron chi connectivity index (χ0n) is 16.6. The summed E-state index contributed by atoms with van der Waals surface area (Å²) in [4.78, 5) is 54.1. The Morgan fingerprint density at radius 1 is 1.07 bits per heavy atom. The van der Waals surface area contributed by atoms with E-state index in [2.05, 4.69) is 10.1 Å². The van der Waals surface area contributed by atoms with Gasteiger partial charge in [0, 0.05) is 0 Å². The Balaban J connectivity index is 2.97. The summed E-state index contributed by atoms with van der Waals surface area (Å²) >= 11 is 0. The molecule has 3 atom stereocenters. The molecule has 0 radical (unpaired) electrons. The Hall–Kier alpha value is -2.36. The third-order valence-corrected chi connectivity index (χ3v) is 3.73. The van der Waals surface area contributed by atoms with Crippen LogP contribution in [-0.2, 0) is 33.4 Å². The van der Waals surface area contributed by atoms with E-state index in [1.165, 1.54) is 21.1 Å². The second-order valence-electron chi connectivity index (χ2n) is 7.12. The molecule has 1 heterocycles. The molecule has 0 aliphatic carbocycles. The van der Waals surface area contributed by atoms with E-state index >= 15 is 0 Å². The SMILES string of the molecule is COC(=O)[C@H]1CCC[C@@H](C(=O)OC)N(C(=O)[C@H](C)NC(=O)OC(C)(C)C)O1. The Kier molecular flexibility index (Phi) is 8.01. The maximum atomic E-state index is 12.8. The predicted octanol–water partition coefficient (Wildman–Crippen LogP) is 0.927. The number of methoxy groups -OCH3 is 2. The first kappa shape index (κ1) is 22.7. The third kappa shape index (κ3) is 6.70. The Labute approximate surface area is 158 Å². The van der Waals surface area contributed by atoms with Crippen molar-refractivity contribution >= 4 is 23.9 Å². The summed E-state index contributed by atoms with van der Waals surface area (Å²) in [7, 11) is 2.39. The number of nitrogens with one attached hydrogen (secondary N) is 1. The van der Waals surface area contributed by atoms with Crippen molar-refractivity contribution < 1.29 is 38.2 Å². The average Bonchev–Trinajstić information content (AvgIpc) is 2.80. The Morgan fingerprint density at radius 3 is 2.19 bits per heavy atom. The molecule has 1 rings (SSSR count). The number of carbonyl (C=O) groups excluding carboxylic acids is 4. The van der Waals surface area contributed by atoms with E-state index in [4.69, 9.17) is 14.3 Å². The van der Waals surface area contributed by atoms with Crippen molar-refractivity contribution in [2.75, 3.05) is 14.2 Å². The van der Waals surface area contributed by atoms with Crippen molar-refractivity contribution in [3.63, 3.8) is 0 Å². The van der Waals surface area contributed by atoms with Gasteiger partial charge in [-0.3, -0.25) is 9.63 Å². The first-order valence-corrected chi connectivity index (χ1v) is 8.65. The van der Waals surface area contributed by atoms with Gasteiger partial charge in [-0.25, -0.2) is 19.4 Å². The topological polar surface area (TPSA) is 120 Å². The fourth-order valence-corrected chi connectivity index (χ4v) is 2.46. The van der Waals surface area contributed by atoms with Crippen LogP contribution in [0.4, 0.5) is 4.79 Å². The van der Waals surface area contributed by atoms with Crippen LogP contribution in [0.15, 0.2) is 0 Å². The standard InChI is InChI=1S/C17H28N2O8/c1-10(18-16(23)26-17(2,3)4)13(20)19-11(14(21)24-5)8-7-9-12(27-19)15(22)25-6/h10-12H,7-9H2,1-6H3,(H,18,23)/t10-,11-,12+/m0/s1. The van der Waals surface area contributed by atoms with Crippen LogP contribution in [0, 0.1) is 0 Å². The lowest BCUT2D eigenvalue weighted by Crippen LogP contribution is -2.54. The van der Waals surface area contributed by atoms with Gasteiger partial charge in [-0.2, -0.15) is 0 Å². The van der Waals surface area contributed by atoms with Gasteiger partial charge in [0.1, 0.15) is 11.6 Å². The van der Waals surface area contributed by atoms with Crippen LogP contribution in [-0.4, -0.2) is 67.0 Å². The van der Waals surface area contributed by atoms with Crippen molar-refractivity contribution in [1.29, 1.82) is 0 Å². The molecule has 154 valence electrons. The highest BCUT2D eigenvalue weighted by molar-refractivity contribution is 5.89. The van der Waals surface area contributed by atoms with Gasteiger partial charge in [-0.15, -0.1) is 0 Å². The van der Waals surface area contributed by atoms with Crippen LogP contribution in [0.1, 0.15) is 47.0 Å². The number of hydroxylamine groups is 2. The molecule has 27 heavy (non-hydrogen) atoms. The molecule has 10 nitrogen and oxygen atoms in total. The van der Waals surface area contributed by atoms with Crippen molar-refractivity contribution in [2.45, 2.75) is 70.7 Å². The van der Waals surface area contributed by atoms with E-state index in [1.54, 1.807) is 20.8 Å². The molecule has 1 fully saturated rings. The number of nitrogens with zero attached hydrogens (tertiary/aromatic N) is 1. The van der Waals surface area contributed by atoms with Gasteiger partial charge in [0.05, 0.1) is 14.2 Å². The molecule has 1 N–H and O–H groups in total. The van der Waals surface area contributed by atoms with Crippen LogP contribution >= 0.6 is 0 Å². The van der Waals surface area contributed by atoms with Gasteiger partial charge >= 0.3 is 18.0 Å². The molecule has 0 saturated carbocycles. The second-order valence-corrected chi connectivity index (χ2v) is 7.12. The molecule has 0 bridgehead atoms. The number of hydrogen-bond acceptors (Lipinski definition) is 8. The van der Waals surface area contributed by atoms with E-state index in [-0.39, 0.29) is 12.8 Å². The summed E-state index contributed by atoms with van der Waals surface area (Å²) in [6.07, 6.45) is -0.875. The minimum absolute atomic E-state index is 0.241. The summed E-state index contributed by atoms with van der Waals surface area (Å²) < 4.78 is 14.5. The van der Waals surface area contributed by atoms with Crippen molar-refractivity contribution in [1.82, 2.24) is 10.4 Å². The number of ether oxygens (including phenoxy) is 3. The highest BCUT2D eigenvalue weighted by atomic mass is 16.7. The maximum absolute atomic E-state index is 12.8. The minimum Gasteiger partial charge on any atom is -0.467 e. The molecule has 1 aliphatic heterocycles. The van der Waals surface area contributed by atoms with Crippen LogP contribution in [0.5, 0.6) is 0 Å². The highest BCUT2D eigenvalue weighted by Crippen LogP contribution is 2.22.